The highest BCUT2D eigenvalue weighted by molar-refractivity contribution is 5.85. The summed E-state index contributed by atoms with van der Waals surface area (Å²) in [5.41, 5.74) is 2.51. The quantitative estimate of drug-likeness (QED) is 0.466. The standard InChI is InChI=1S/C24H18FN5O/c1-15(29-23-22-20(27-14-28-23)8-5-11-26-22)21-12-16-9-10-17(25)13-19(16)24(31)30(21)18-6-3-2-4-7-18/h2-15H,1H3,(H,27,28,29)/t15-/m0/s1. The number of pyridine rings is 2. The van der Waals surface area contributed by atoms with Gasteiger partial charge in [0.05, 0.1) is 16.9 Å². The molecule has 2 aromatic carbocycles. The van der Waals surface area contributed by atoms with E-state index < -0.39 is 5.82 Å². The van der Waals surface area contributed by atoms with Crippen molar-refractivity contribution in [2.75, 3.05) is 5.32 Å². The Morgan fingerprint density at radius 2 is 1.81 bits per heavy atom. The van der Waals surface area contributed by atoms with E-state index in [0.717, 1.165) is 11.2 Å². The maximum Gasteiger partial charge on any atom is 0.263 e. The molecule has 7 heteroatoms. The van der Waals surface area contributed by atoms with Crippen molar-refractivity contribution in [3.63, 3.8) is 0 Å². The SMILES string of the molecule is C[C@H](Nc1ncnc2cccnc12)c1cc2ccc(F)cc2c(=O)n1-c1ccccc1. The maximum absolute atomic E-state index is 13.9. The Hall–Kier alpha value is -4.13. The van der Waals surface area contributed by atoms with Crippen LogP contribution in [0.15, 0.2) is 84.0 Å². The molecule has 1 atom stereocenters. The molecule has 3 aromatic heterocycles. The molecule has 0 saturated heterocycles. The van der Waals surface area contributed by atoms with Crippen molar-refractivity contribution >= 4 is 27.6 Å². The lowest BCUT2D eigenvalue weighted by atomic mass is 10.1. The molecule has 0 spiro atoms. The fourth-order valence-electron chi connectivity index (χ4n) is 3.74. The van der Waals surface area contributed by atoms with E-state index in [4.69, 9.17) is 0 Å². The molecule has 0 fully saturated rings. The van der Waals surface area contributed by atoms with E-state index in [-0.39, 0.29) is 11.6 Å². The number of halogens is 1. The van der Waals surface area contributed by atoms with Crippen LogP contribution in [0, 0.1) is 5.82 Å². The molecule has 0 aliphatic carbocycles. The van der Waals surface area contributed by atoms with Gasteiger partial charge in [-0.2, -0.15) is 0 Å². The molecule has 3 heterocycles. The van der Waals surface area contributed by atoms with Crippen LogP contribution in [0.5, 0.6) is 0 Å². The van der Waals surface area contributed by atoms with E-state index in [1.807, 2.05) is 55.5 Å². The zero-order valence-corrected chi connectivity index (χ0v) is 16.7. The molecule has 0 aliphatic heterocycles. The van der Waals surface area contributed by atoms with Crippen molar-refractivity contribution in [2.24, 2.45) is 0 Å². The van der Waals surface area contributed by atoms with Crippen LogP contribution in [0.4, 0.5) is 10.2 Å². The van der Waals surface area contributed by atoms with Crippen molar-refractivity contribution in [2.45, 2.75) is 13.0 Å². The first-order valence-corrected chi connectivity index (χ1v) is 9.85. The largest absolute Gasteiger partial charge is 0.360 e. The summed E-state index contributed by atoms with van der Waals surface area (Å²) in [6, 6.07) is 18.9. The third-order valence-corrected chi connectivity index (χ3v) is 5.22. The van der Waals surface area contributed by atoms with Crippen LogP contribution in [0.1, 0.15) is 18.7 Å². The van der Waals surface area contributed by atoms with Gasteiger partial charge in [-0.1, -0.05) is 24.3 Å². The number of hydrogen-bond donors (Lipinski definition) is 1. The third-order valence-electron chi connectivity index (χ3n) is 5.22. The summed E-state index contributed by atoms with van der Waals surface area (Å²) in [4.78, 5) is 26.4. The lowest BCUT2D eigenvalue weighted by Gasteiger charge is -2.21. The molecule has 1 N–H and O–H groups in total. The Morgan fingerprint density at radius 1 is 0.968 bits per heavy atom. The zero-order chi connectivity index (χ0) is 21.4. The van der Waals surface area contributed by atoms with Gasteiger partial charge < -0.3 is 5.32 Å². The van der Waals surface area contributed by atoms with Gasteiger partial charge in [0.1, 0.15) is 17.7 Å². The predicted octanol–water partition coefficient (Wildman–Crippen LogP) is 4.64. The molecule has 0 unspecified atom stereocenters. The monoisotopic (exact) mass is 411 g/mol. The Morgan fingerprint density at radius 3 is 2.65 bits per heavy atom. The number of rotatable bonds is 4. The lowest BCUT2D eigenvalue weighted by molar-refractivity contribution is 0.629. The topological polar surface area (TPSA) is 72.7 Å². The van der Waals surface area contributed by atoms with Crippen molar-refractivity contribution in [1.82, 2.24) is 19.5 Å². The second kappa shape index (κ2) is 7.60. The number of hydrogen-bond acceptors (Lipinski definition) is 5. The minimum Gasteiger partial charge on any atom is -0.360 e. The van der Waals surface area contributed by atoms with Gasteiger partial charge in [-0.3, -0.25) is 14.3 Å². The number of para-hydroxylation sites is 1. The maximum atomic E-state index is 13.9. The Kier molecular flexibility index (Phi) is 4.63. The van der Waals surface area contributed by atoms with Gasteiger partial charge in [0.25, 0.3) is 5.56 Å². The van der Waals surface area contributed by atoms with Gasteiger partial charge in [0.15, 0.2) is 5.82 Å². The minimum absolute atomic E-state index is 0.280. The molecule has 31 heavy (non-hydrogen) atoms. The van der Waals surface area contributed by atoms with Crippen molar-refractivity contribution in [1.29, 1.82) is 0 Å². The second-order valence-corrected chi connectivity index (χ2v) is 7.24. The summed E-state index contributed by atoms with van der Waals surface area (Å²) >= 11 is 0. The number of aromatic nitrogens is 4. The van der Waals surface area contributed by atoms with E-state index in [2.05, 4.69) is 20.3 Å². The van der Waals surface area contributed by atoms with Crippen LogP contribution in [0.2, 0.25) is 0 Å². The number of benzene rings is 2. The Balaban J connectivity index is 1.69. The highest BCUT2D eigenvalue weighted by atomic mass is 19.1. The highest BCUT2D eigenvalue weighted by Gasteiger charge is 2.18. The second-order valence-electron chi connectivity index (χ2n) is 7.24. The fraction of sp³-hybridized carbons (Fsp3) is 0.0833. The minimum atomic E-state index is -0.443. The van der Waals surface area contributed by atoms with Crippen LogP contribution in [0.25, 0.3) is 27.5 Å². The summed E-state index contributed by atoms with van der Waals surface area (Å²) in [6.45, 7) is 1.94. The van der Waals surface area contributed by atoms with Crippen LogP contribution >= 0.6 is 0 Å². The average molecular weight is 411 g/mol. The van der Waals surface area contributed by atoms with Gasteiger partial charge in [-0.05, 0) is 54.8 Å². The molecule has 6 nitrogen and oxygen atoms in total. The van der Waals surface area contributed by atoms with Crippen molar-refractivity contribution in [3.05, 3.63) is 101 Å². The van der Waals surface area contributed by atoms with Crippen LogP contribution < -0.4 is 10.9 Å². The van der Waals surface area contributed by atoms with Crippen LogP contribution in [0.3, 0.4) is 0 Å². The van der Waals surface area contributed by atoms with E-state index in [1.165, 1.54) is 18.5 Å². The third kappa shape index (κ3) is 3.40. The molecule has 0 aliphatic rings. The molecular formula is C24H18FN5O. The van der Waals surface area contributed by atoms with Gasteiger partial charge in [-0.15, -0.1) is 0 Å². The molecule has 0 amide bonds. The average Bonchev–Trinajstić information content (AvgIpc) is 2.80. The van der Waals surface area contributed by atoms with E-state index in [0.29, 0.717) is 27.8 Å². The number of nitrogens with zero attached hydrogens (tertiary/aromatic N) is 4. The summed E-state index contributed by atoms with van der Waals surface area (Å²) in [6.07, 6.45) is 3.17. The van der Waals surface area contributed by atoms with E-state index >= 15 is 0 Å². The molecule has 5 aromatic rings. The Bertz CT molecular complexity index is 1460. The molecule has 0 bridgehead atoms. The fourth-order valence-corrected chi connectivity index (χ4v) is 3.74. The molecule has 5 rings (SSSR count). The molecule has 152 valence electrons. The van der Waals surface area contributed by atoms with Crippen molar-refractivity contribution in [3.8, 4) is 5.69 Å². The lowest BCUT2D eigenvalue weighted by Crippen LogP contribution is -2.25. The van der Waals surface area contributed by atoms with Crippen LogP contribution in [-0.4, -0.2) is 19.5 Å². The summed E-state index contributed by atoms with van der Waals surface area (Å²) in [7, 11) is 0. The Labute approximate surface area is 177 Å². The number of fused-ring (bicyclic) bond motifs is 2. The number of anilines is 1. The van der Waals surface area contributed by atoms with Gasteiger partial charge >= 0.3 is 0 Å². The van der Waals surface area contributed by atoms with Gasteiger partial charge in [0.2, 0.25) is 0 Å². The summed E-state index contributed by atoms with van der Waals surface area (Å²) < 4.78 is 15.5. The van der Waals surface area contributed by atoms with Crippen molar-refractivity contribution < 1.29 is 4.39 Å². The first-order valence-electron chi connectivity index (χ1n) is 9.85. The molecule has 0 radical (unpaired) electrons. The van der Waals surface area contributed by atoms with Gasteiger partial charge in [-0.25, -0.2) is 14.4 Å². The molecule has 0 saturated carbocycles. The zero-order valence-electron chi connectivity index (χ0n) is 16.7. The summed E-state index contributed by atoms with van der Waals surface area (Å²) in [5.74, 6) is 0.131. The first kappa shape index (κ1) is 18.9. The first-order chi connectivity index (χ1) is 15.1. The van der Waals surface area contributed by atoms with Gasteiger partial charge in [0, 0.05) is 17.6 Å². The molecular weight excluding hydrogens is 393 g/mol. The summed E-state index contributed by atoms with van der Waals surface area (Å²) in [5, 5.41) is 4.37. The van der Waals surface area contributed by atoms with Crippen LogP contribution in [-0.2, 0) is 0 Å². The highest BCUT2D eigenvalue weighted by Crippen LogP contribution is 2.26. The van der Waals surface area contributed by atoms with E-state index in [1.54, 1.807) is 16.8 Å². The predicted molar refractivity (Wildman–Crippen MR) is 119 cm³/mol. The number of nitrogens with one attached hydrogen (secondary N) is 1. The smallest absolute Gasteiger partial charge is 0.263 e. The normalized spacial score (nSPS) is 12.2. The van der Waals surface area contributed by atoms with E-state index in [9.17, 15) is 9.18 Å².